The number of hydrogen-bond donors (Lipinski definition) is 1. The van der Waals surface area contributed by atoms with E-state index >= 15 is 0 Å². The van der Waals surface area contributed by atoms with Crippen molar-refractivity contribution in [2.24, 2.45) is 0 Å². The number of benzene rings is 2. The molecule has 1 N–H and O–H groups in total. The summed E-state index contributed by atoms with van der Waals surface area (Å²) >= 11 is 0. The van der Waals surface area contributed by atoms with Gasteiger partial charge in [0.1, 0.15) is 6.54 Å². The zero-order valence-electron chi connectivity index (χ0n) is 17.8. The molecule has 32 heavy (non-hydrogen) atoms. The Morgan fingerprint density at radius 3 is 2.41 bits per heavy atom. The number of amides is 1. The second kappa shape index (κ2) is 9.43. The predicted octanol–water partition coefficient (Wildman–Crippen LogP) is 2.27. The third-order valence-electron chi connectivity index (χ3n) is 5.33. The van der Waals surface area contributed by atoms with Crippen LogP contribution in [0.5, 0.6) is 0 Å². The molecule has 7 heteroatoms. The Labute approximate surface area is 185 Å². The molecule has 0 atom stereocenters. The fourth-order valence-corrected chi connectivity index (χ4v) is 3.60. The lowest BCUT2D eigenvalue weighted by molar-refractivity contribution is -0.121. The molecule has 0 spiro atoms. The second-order valence-electron chi connectivity index (χ2n) is 7.70. The van der Waals surface area contributed by atoms with Crippen molar-refractivity contribution >= 4 is 16.9 Å². The largest absolute Gasteiger partial charge is 0.354 e. The molecule has 0 saturated carbocycles. The fourth-order valence-electron chi connectivity index (χ4n) is 3.60. The van der Waals surface area contributed by atoms with Crippen LogP contribution in [0, 0.1) is 6.92 Å². The van der Waals surface area contributed by atoms with Gasteiger partial charge in [-0.1, -0.05) is 60.2 Å². The summed E-state index contributed by atoms with van der Waals surface area (Å²) in [5.41, 5.74) is 2.54. The molecule has 0 aliphatic carbocycles. The van der Waals surface area contributed by atoms with Crippen molar-refractivity contribution < 1.29 is 4.79 Å². The lowest BCUT2D eigenvalue weighted by atomic mass is 10.1. The first-order valence-corrected chi connectivity index (χ1v) is 10.5. The van der Waals surface area contributed by atoms with E-state index < -0.39 is 11.2 Å². The Hall–Kier alpha value is -4.00. The maximum Gasteiger partial charge on any atom is 0.332 e. The number of carbonyl (C=O) groups excluding carboxylic acids is 1. The lowest BCUT2D eigenvalue weighted by Crippen LogP contribution is -2.43. The van der Waals surface area contributed by atoms with Crippen LogP contribution >= 0.6 is 0 Å². The number of carbonyl (C=O) groups is 1. The number of rotatable bonds is 7. The van der Waals surface area contributed by atoms with E-state index in [0.717, 1.165) is 21.3 Å². The Bertz CT molecular complexity index is 1360. The summed E-state index contributed by atoms with van der Waals surface area (Å²) in [7, 11) is 0. The molecule has 0 fully saturated rings. The Morgan fingerprint density at radius 1 is 0.906 bits per heavy atom. The third kappa shape index (κ3) is 4.67. The molecule has 0 unspecified atom stereocenters. The summed E-state index contributed by atoms with van der Waals surface area (Å²) in [5, 5.41) is 2.86. The minimum Gasteiger partial charge on any atom is -0.354 e. The monoisotopic (exact) mass is 428 g/mol. The number of nitrogens with zero attached hydrogens (tertiary/aromatic N) is 3. The molecular formula is C25H24N4O3. The summed E-state index contributed by atoms with van der Waals surface area (Å²) in [6, 6.07) is 20.7. The summed E-state index contributed by atoms with van der Waals surface area (Å²) in [4.78, 5) is 43.0. The van der Waals surface area contributed by atoms with Crippen LogP contribution < -0.4 is 16.6 Å². The number of nitrogens with one attached hydrogen (secondary N) is 1. The van der Waals surface area contributed by atoms with E-state index in [2.05, 4.69) is 10.3 Å². The van der Waals surface area contributed by atoms with Gasteiger partial charge in [-0.25, -0.2) is 9.78 Å². The van der Waals surface area contributed by atoms with Gasteiger partial charge in [-0.15, -0.1) is 0 Å². The van der Waals surface area contributed by atoms with Crippen molar-refractivity contribution in [3.05, 3.63) is 110 Å². The number of hydrogen-bond acceptors (Lipinski definition) is 4. The van der Waals surface area contributed by atoms with Crippen molar-refractivity contribution in [3.8, 4) is 0 Å². The molecule has 4 rings (SSSR count). The normalized spacial score (nSPS) is 10.9. The molecule has 1 amide bonds. The Balaban J connectivity index is 1.61. The molecule has 4 aromatic rings. The van der Waals surface area contributed by atoms with E-state index in [1.807, 2.05) is 61.5 Å². The standard InChI is InChI=1S/C25H24N4O3/c1-18-9-11-20(12-10-18)16-29-24(31)23-21(8-5-14-27-23)28(25(29)32)17-22(30)26-15-13-19-6-3-2-4-7-19/h2-12,14H,13,15-17H2,1H3,(H,26,30). The zero-order valence-corrected chi connectivity index (χ0v) is 17.8. The van der Waals surface area contributed by atoms with Crippen molar-refractivity contribution in [3.63, 3.8) is 0 Å². The molecule has 2 aromatic heterocycles. The Morgan fingerprint density at radius 2 is 1.66 bits per heavy atom. The van der Waals surface area contributed by atoms with Crippen LogP contribution in [-0.4, -0.2) is 26.6 Å². The highest BCUT2D eigenvalue weighted by molar-refractivity contribution is 5.79. The van der Waals surface area contributed by atoms with Gasteiger partial charge in [-0.05, 0) is 36.6 Å². The number of fused-ring (bicyclic) bond motifs is 1. The van der Waals surface area contributed by atoms with Crippen LogP contribution in [-0.2, 0) is 24.3 Å². The van der Waals surface area contributed by atoms with Gasteiger partial charge in [0, 0.05) is 12.7 Å². The number of aromatic nitrogens is 3. The first kappa shape index (κ1) is 21.2. The van der Waals surface area contributed by atoms with Gasteiger partial charge in [0.25, 0.3) is 5.56 Å². The maximum absolute atomic E-state index is 13.2. The Kier molecular flexibility index (Phi) is 6.26. The van der Waals surface area contributed by atoms with E-state index in [1.165, 1.54) is 10.8 Å². The van der Waals surface area contributed by atoms with Crippen LogP contribution in [0.15, 0.2) is 82.5 Å². The molecule has 162 valence electrons. The summed E-state index contributed by atoms with van der Waals surface area (Å²) in [6.07, 6.45) is 2.20. The quantitative estimate of drug-likeness (QED) is 0.489. The lowest BCUT2D eigenvalue weighted by Gasteiger charge is -2.14. The molecule has 0 aliphatic rings. The first-order valence-electron chi connectivity index (χ1n) is 10.5. The first-order chi connectivity index (χ1) is 15.5. The van der Waals surface area contributed by atoms with E-state index in [4.69, 9.17) is 0 Å². The molecule has 7 nitrogen and oxygen atoms in total. The zero-order chi connectivity index (χ0) is 22.5. The van der Waals surface area contributed by atoms with Crippen molar-refractivity contribution in [2.75, 3.05) is 6.54 Å². The highest BCUT2D eigenvalue weighted by atomic mass is 16.2. The number of aryl methyl sites for hydroxylation is 1. The molecule has 2 heterocycles. The second-order valence-corrected chi connectivity index (χ2v) is 7.70. The van der Waals surface area contributed by atoms with E-state index in [-0.39, 0.29) is 24.5 Å². The third-order valence-corrected chi connectivity index (χ3v) is 5.33. The smallest absolute Gasteiger partial charge is 0.332 e. The van der Waals surface area contributed by atoms with Crippen LogP contribution in [0.3, 0.4) is 0 Å². The van der Waals surface area contributed by atoms with Crippen LogP contribution in [0.4, 0.5) is 0 Å². The summed E-state index contributed by atoms with van der Waals surface area (Å²) in [5.74, 6) is -0.297. The summed E-state index contributed by atoms with van der Waals surface area (Å²) < 4.78 is 2.45. The van der Waals surface area contributed by atoms with Gasteiger partial charge in [0.05, 0.1) is 12.1 Å². The molecule has 0 aliphatic heterocycles. The van der Waals surface area contributed by atoms with E-state index in [0.29, 0.717) is 18.5 Å². The van der Waals surface area contributed by atoms with Crippen molar-refractivity contribution in [1.29, 1.82) is 0 Å². The molecule has 0 radical (unpaired) electrons. The van der Waals surface area contributed by atoms with Crippen molar-refractivity contribution in [1.82, 2.24) is 19.4 Å². The van der Waals surface area contributed by atoms with Gasteiger partial charge in [-0.3, -0.25) is 18.7 Å². The van der Waals surface area contributed by atoms with Crippen molar-refractivity contribution in [2.45, 2.75) is 26.4 Å². The van der Waals surface area contributed by atoms with Crippen LogP contribution in [0.1, 0.15) is 16.7 Å². The SMILES string of the molecule is Cc1ccc(Cn2c(=O)c3ncccc3n(CC(=O)NCCc3ccccc3)c2=O)cc1. The average molecular weight is 428 g/mol. The van der Waals surface area contributed by atoms with Crippen LogP contribution in [0.25, 0.3) is 11.0 Å². The number of pyridine rings is 1. The van der Waals surface area contributed by atoms with Gasteiger partial charge in [-0.2, -0.15) is 0 Å². The molecule has 0 bridgehead atoms. The van der Waals surface area contributed by atoms with E-state index in [9.17, 15) is 14.4 Å². The topological polar surface area (TPSA) is 86.0 Å². The minimum atomic E-state index is -0.533. The maximum atomic E-state index is 13.2. The van der Waals surface area contributed by atoms with Gasteiger partial charge < -0.3 is 5.32 Å². The average Bonchev–Trinajstić information content (AvgIpc) is 2.81. The molecule has 0 saturated heterocycles. The fraction of sp³-hybridized carbons (Fsp3) is 0.200. The minimum absolute atomic E-state index is 0.111. The molecule has 2 aromatic carbocycles. The van der Waals surface area contributed by atoms with Gasteiger partial charge in [0.15, 0.2) is 5.52 Å². The molecular weight excluding hydrogens is 404 g/mol. The highest BCUT2D eigenvalue weighted by Gasteiger charge is 2.16. The summed E-state index contributed by atoms with van der Waals surface area (Å²) in [6.45, 7) is 2.35. The van der Waals surface area contributed by atoms with Gasteiger partial charge >= 0.3 is 5.69 Å². The van der Waals surface area contributed by atoms with E-state index in [1.54, 1.807) is 12.1 Å². The predicted molar refractivity (Wildman–Crippen MR) is 124 cm³/mol. The van der Waals surface area contributed by atoms with Crippen LogP contribution in [0.2, 0.25) is 0 Å². The van der Waals surface area contributed by atoms with Gasteiger partial charge in [0.2, 0.25) is 5.91 Å². The highest BCUT2D eigenvalue weighted by Crippen LogP contribution is 2.07.